The number of aryl methyl sites for hydroxylation is 1. The minimum Gasteiger partial charge on any atom is -0.454 e. The SMILES string of the molecule is Cc1cc2c(cc1S(=O)(=O)NC1(CN)CCCCC1C)OCO2. The van der Waals surface area contributed by atoms with Gasteiger partial charge < -0.3 is 15.2 Å². The van der Waals surface area contributed by atoms with Crippen molar-refractivity contribution in [3.8, 4) is 11.5 Å². The predicted molar refractivity (Wildman–Crippen MR) is 87.0 cm³/mol. The maximum absolute atomic E-state index is 13.0. The summed E-state index contributed by atoms with van der Waals surface area (Å²) in [6, 6.07) is 3.24. The predicted octanol–water partition coefficient (Wildman–Crippen LogP) is 1.91. The first-order valence-corrected chi connectivity index (χ1v) is 9.50. The maximum atomic E-state index is 13.0. The molecule has 6 nitrogen and oxygen atoms in total. The van der Waals surface area contributed by atoms with Crippen LogP contribution in [0.25, 0.3) is 0 Å². The largest absolute Gasteiger partial charge is 0.454 e. The molecule has 1 fully saturated rings. The van der Waals surface area contributed by atoms with Crippen molar-refractivity contribution in [2.45, 2.75) is 50.0 Å². The van der Waals surface area contributed by atoms with Crippen molar-refractivity contribution in [2.75, 3.05) is 13.3 Å². The van der Waals surface area contributed by atoms with Gasteiger partial charge in [-0.2, -0.15) is 0 Å². The molecule has 1 aromatic rings. The van der Waals surface area contributed by atoms with Crippen molar-refractivity contribution >= 4 is 10.0 Å². The van der Waals surface area contributed by atoms with Crippen LogP contribution in [0.15, 0.2) is 17.0 Å². The van der Waals surface area contributed by atoms with E-state index in [1.807, 2.05) is 0 Å². The third-order valence-corrected chi connectivity index (χ3v) is 6.81. The molecule has 128 valence electrons. The Bertz CT molecular complexity index is 704. The van der Waals surface area contributed by atoms with Gasteiger partial charge in [-0.15, -0.1) is 0 Å². The van der Waals surface area contributed by atoms with E-state index in [9.17, 15) is 8.42 Å². The topological polar surface area (TPSA) is 90.7 Å². The molecule has 0 saturated heterocycles. The van der Waals surface area contributed by atoms with Crippen LogP contribution in [0, 0.1) is 12.8 Å². The highest BCUT2D eigenvalue weighted by atomic mass is 32.2. The molecule has 7 heteroatoms. The van der Waals surface area contributed by atoms with E-state index in [2.05, 4.69) is 11.6 Å². The molecule has 0 spiro atoms. The van der Waals surface area contributed by atoms with Crippen molar-refractivity contribution in [1.82, 2.24) is 4.72 Å². The van der Waals surface area contributed by atoms with Gasteiger partial charge in [0.2, 0.25) is 16.8 Å². The van der Waals surface area contributed by atoms with Gasteiger partial charge in [0.25, 0.3) is 0 Å². The molecule has 0 aromatic heterocycles. The van der Waals surface area contributed by atoms with Crippen LogP contribution in [0.5, 0.6) is 11.5 Å². The average Bonchev–Trinajstić information content (AvgIpc) is 2.95. The van der Waals surface area contributed by atoms with Gasteiger partial charge in [0.05, 0.1) is 4.90 Å². The smallest absolute Gasteiger partial charge is 0.241 e. The van der Waals surface area contributed by atoms with Gasteiger partial charge >= 0.3 is 0 Å². The van der Waals surface area contributed by atoms with Crippen molar-refractivity contribution in [3.63, 3.8) is 0 Å². The molecule has 1 aromatic carbocycles. The first-order valence-electron chi connectivity index (χ1n) is 8.02. The summed E-state index contributed by atoms with van der Waals surface area (Å²) in [6.07, 6.45) is 3.87. The van der Waals surface area contributed by atoms with E-state index < -0.39 is 15.6 Å². The quantitative estimate of drug-likeness (QED) is 0.874. The molecule has 0 amide bonds. The number of benzene rings is 1. The van der Waals surface area contributed by atoms with Crippen LogP contribution in [0.4, 0.5) is 0 Å². The molecule has 0 radical (unpaired) electrons. The highest BCUT2D eigenvalue weighted by Gasteiger charge is 2.41. The molecule has 1 heterocycles. The van der Waals surface area contributed by atoms with E-state index in [1.165, 1.54) is 6.07 Å². The fraction of sp³-hybridized carbons (Fsp3) is 0.625. The van der Waals surface area contributed by atoms with Gasteiger partial charge in [-0.25, -0.2) is 13.1 Å². The van der Waals surface area contributed by atoms with Crippen LogP contribution < -0.4 is 19.9 Å². The number of nitrogens with one attached hydrogen (secondary N) is 1. The van der Waals surface area contributed by atoms with E-state index >= 15 is 0 Å². The Morgan fingerprint density at radius 3 is 2.65 bits per heavy atom. The molecule has 1 saturated carbocycles. The van der Waals surface area contributed by atoms with Crippen LogP contribution in [-0.2, 0) is 10.0 Å². The molecule has 2 aliphatic rings. The zero-order valence-corrected chi connectivity index (χ0v) is 14.4. The highest BCUT2D eigenvalue weighted by molar-refractivity contribution is 7.89. The molecule has 23 heavy (non-hydrogen) atoms. The van der Waals surface area contributed by atoms with Crippen LogP contribution in [0.1, 0.15) is 38.2 Å². The summed E-state index contributed by atoms with van der Waals surface area (Å²) >= 11 is 0. The minimum atomic E-state index is -3.68. The summed E-state index contributed by atoms with van der Waals surface area (Å²) in [5.41, 5.74) is 6.04. The molecule has 3 N–H and O–H groups in total. The second kappa shape index (κ2) is 5.96. The summed E-state index contributed by atoms with van der Waals surface area (Å²) < 4.78 is 39.5. The third kappa shape index (κ3) is 2.93. The Morgan fingerprint density at radius 1 is 1.30 bits per heavy atom. The second-order valence-electron chi connectivity index (χ2n) is 6.58. The van der Waals surface area contributed by atoms with Crippen LogP contribution >= 0.6 is 0 Å². The molecule has 2 unspecified atom stereocenters. The molecule has 3 rings (SSSR count). The number of hydrogen-bond donors (Lipinski definition) is 2. The summed E-state index contributed by atoms with van der Waals surface area (Å²) in [7, 11) is -3.68. The lowest BCUT2D eigenvalue weighted by Gasteiger charge is -2.42. The van der Waals surface area contributed by atoms with Crippen LogP contribution in [0.2, 0.25) is 0 Å². The monoisotopic (exact) mass is 340 g/mol. The van der Waals surface area contributed by atoms with Crippen molar-refractivity contribution in [1.29, 1.82) is 0 Å². The van der Waals surface area contributed by atoms with E-state index in [0.29, 0.717) is 23.6 Å². The molecular formula is C16H24N2O4S. The van der Waals surface area contributed by atoms with E-state index in [-0.39, 0.29) is 17.6 Å². The standard InChI is InChI=1S/C16H24N2O4S/c1-11-7-13-14(22-10-21-13)8-15(11)23(19,20)18-16(9-17)6-4-3-5-12(16)2/h7-8,12,18H,3-6,9-10,17H2,1-2H3. The van der Waals surface area contributed by atoms with Crippen LogP contribution in [-0.4, -0.2) is 27.3 Å². The number of rotatable bonds is 4. The first-order chi connectivity index (χ1) is 10.9. The number of fused-ring (bicyclic) bond motifs is 1. The number of hydrogen-bond acceptors (Lipinski definition) is 5. The normalized spacial score (nSPS) is 27.2. The fourth-order valence-corrected chi connectivity index (χ4v) is 5.32. The average molecular weight is 340 g/mol. The molecule has 2 atom stereocenters. The lowest BCUT2D eigenvalue weighted by molar-refractivity contribution is 0.174. The first kappa shape index (κ1) is 16.5. The number of sulfonamides is 1. The Labute approximate surface area is 137 Å². The molecular weight excluding hydrogens is 316 g/mol. The highest BCUT2D eigenvalue weighted by Crippen LogP contribution is 2.38. The molecule has 1 aliphatic carbocycles. The molecule has 0 bridgehead atoms. The zero-order chi connectivity index (χ0) is 16.7. The van der Waals surface area contributed by atoms with Crippen molar-refractivity contribution < 1.29 is 17.9 Å². The van der Waals surface area contributed by atoms with Gasteiger partial charge in [-0.05, 0) is 37.3 Å². The Balaban J connectivity index is 1.95. The van der Waals surface area contributed by atoms with Gasteiger partial charge in [0.1, 0.15) is 0 Å². The summed E-state index contributed by atoms with van der Waals surface area (Å²) in [6.45, 7) is 4.25. The van der Waals surface area contributed by atoms with E-state index in [0.717, 1.165) is 25.7 Å². The lowest BCUT2D eigenvalue weighted by atomic mass is 9.74. The van der Waals surface area contributed by atoms with Gasteiger partial charge in [0, 0.05) is 18.2 Å². The molecule has 1 aliphatic heterocycles. The van der Waals surface area contributed by atoms with Gasteiger partial charge in [0.15, 0.2) is 11.5 Å². The van der Waals surface area contributed by atoms with Gasteiger partial charge in [-0.1, -0.05) is 19.8 Å². The van der Waals surface area contributed by atoms with E-state index in [4.69, 9.17) is 15.2 Å². The Hall–Kier alpha value is -1.31. The zero-order valence-electron chi connectivity index (χ0n) is 13.6. The Morgan fingerprint density at radius 2 is 2.00 bits per heavy atom. The van der Waals surface area contributed by atoms with Crippen molar-refractivity contribution in [3.05, 3.63) is 17.7 Å². The fourth-order valence-electron chi connectivity index (χ4n) is 3.55. The maximum Gasteiger partial charge on any atom is 0.241 e. The summed E-state index contributed by atoms with van der Waals surface area (Å²) in [5, 5.41) is 0. The van der Waals surface area contributed by atoms with Gasteiger partial charge in [-0.3, -0.25) is 0 Å². The second-order valence-corrected chi connectivity index (χ2v) is 8.23. The lowest BCUT2D eigenvalue weighted by Crippen LogP contribution is -2.59. The minimum absolute atomic E-state index is 0.121. The number of ether oxygens (including phenoxy) is 2. The summed E-state index contributed by atoms with van der Waals surface area (Å²) in [5.74, 6) is 1.26. The van der Waals surface area contributed by atoms with E-state index in [1.54, 1.807) is 13.0 Å². The van der Waals surface area contributed by atoms with Crippen molar-refractivity contribution in [2.24, 2.45) is 11.7 Å². The third-order valence-electron chi connectivity index (χ3n) is 5.11. The van der Waals surface area contributed by atoms with Crippen LogP contribution in [0.3, 0.4) is 0 Å². The summed E-state index contributed by atoms with van der Waals surface area (Å²) in [4.78, 5) is 0.229. The Kier molecular flexibility index (Phi) is 4.29. The number of nitrogens with two attached hydrogens (primary N) is 1.